The molecule has 0 aliphatic heterocycles. The van der Waals surface area contributed by atoms with Crippen molar-refractivity contribution in [3.05, 3.63) is 75.8 Å². The summed E-state index contributed by atoms with van der Waals surface area (Å²) in [5.74, 6) is 1.28. The third kappa shape index (κ3) is 5.32. The van der Waals surface area contributed by atoms with Crippen LogP contribution in [0.5, 0.6) is 5.75 Å². The quantitative estimate of drug-likeness (QED) is 0.293. The van der Waals surface area contributed by atoms with Gasteiger partial charge in [-0.3, -0.25) is 4.79 Å². The molecular formula is C26H24Cl2N2O3. The molecular weight excluding hydrogens is 459 g/mol. The Morgan fingerprint density at radius 2 is 1.88 bits per heavy atom. The Kier molecular flexibility index (Phi) is 6.91. The number of nitrogens with one attached hydrogen (secondary N) is 1. The molecule has 0 radical (unpaired) electrons. The maximum absolute atomic E-state index is 12.5. The molecule has 0 aliphatic rings. The molecule has 1 aromatic heterocycles. The lowest BCUT2D eigenvalue weighted by Crippen LogP contribution is -2.20. The normalized spacial score (nSPS) is 12.0. The van der Waals surface area contributed by atoms with Crippen LogP contribution < -0.4 is 10.1 Å². The first-order chi connectivity index (χ1) is 15.8. The van der Waals surface area contributed by atoms with Gasteiger partial charge in [0.15, 0.2) is 12.2 Å². The van der Waals surface area contributed by atoms with E-state index in [1.54, 1.807) is 12.1 Å². The fourth-order valence-corrected chi connectivity index (χ4v) is 3.96. The maximum Gasteiger partial charge on any atom is 0.262 e. The number of fused-ring (bicyclic) bond motifs is 1. The van der Waals surface area contributed by atoms with Crippen molar-refractivity contribution in [3.8, 4) is 17.2 Å². The summed E-state index contributed by atoms with van der Waals surface area (Å²) < 4.78 is 11.5. The Morgan fingerprint density at radius 3 is 2.61 bits per heavy atom. The van der Waals surface area contributed by atoms with Crippen LogP contribution in [-0.2, 0) is 4.79 Å². The van der Waals surface area contributed by atoms with Crippen LogP contribution in [0, 0.1) is 6.92 Å². The van der Waals surface area contributed by atoms with Crippen molar-refractivity contribution in [3.63, 3.8) is 0 Å². The monoisotopic (exact) mass is 482 g/mol. The Labute approximate surface area is 202 Å². The van der Waals surface area contributed by atoms with Crippen molar-refractivity contribution in [2.24, 2.45) is 0 Å². The average Bonchev–Trinajstić information content (AvgIpc) is 3.23. The first-order valence-electron chi connectivity index (χ1n) is 10.7. The highest BCUT2D eigenvalue weighted by Gasteiger charge is 2.14. The van der Waals surface area contributed by atoms with E-state index in [0.29, 0.717) is 50.0 Å². The van der Waals surface area contributed by atoms with Crippen LogP contribution >= 0.6 is 23.2 Å². The smallest absolute Gasteiger partial charge is 0.262 e. The molecule has 1 N–H and O–H groups in total. The molecule has 4 aromatic rings. The highest BCUT2D eigenvalue weighted by molar-refractivity contribution is 6.38. The van der Waals surface area contributed by atoms with Gasteiger partial charge in [-0.15, -0.1) is 0 Å². The molecule has 0 saturated heterocycles. The van der Waals surface area contributed by atoms with Crippen LogP contribution in [0.4, 0.5) is 5.69 Å². The number of carbonyl (C=O) groups excluding carboxylic acids is 1. The number of aryl methyl sites for hydroxylation is 1. The molecule has 1 atom stereocenters. The first-order valence-corrected chi connectivity index (χ1v) is 11.5. The van der Waals surface area contributed by atoms with Crippen LogP contribution in [0.1, 0.15) is 37.3 Å². The number of carbonyl (C=O) groups is 1. The second kappa shape index (κ2) is 9.86. The summed E-state index contributed by atoms with van der Waals surface area (Å²) in [6, 6.07) is 16.7. The van der Waals surface area contributed by atoms with E-state index in [1.165, 1.54) is 5.56 Å². The minimum absolute atomic E-state index is 0.0939. The number of benzene rings is 3. The van der Waals surface area contributed by atoms with Gasteiger partial charge in [-0.05, 0) is 66.8 Å². The predicted molar refractivity (Wildman–Crippen MR) is 133 cm³/mol. The number of oxazole rings is 1. The third-order valence-corrected chi connectivity index (χ3v) is 6.10. The topological polar surface area (TPSA) is 64.4 Å². The van der Waals surface area contributed by atoms with Crippen molar-refractivity contribution in [2.75, 3.05) is 11.9 Å². The van der Waals surface area contributed by atoms with E-state index in [4.69, 9.17) is 32.4 Å². The summed E-state index contributed by atoms with van der Waals surface area (Å²) in [5, 5.41) is 3.78. The third-order valence-electron chi connectivity index (χ3n) is 5.60. The molecule has 1 amide bonds. The number of hydrogen-bond acceptors (Lipinski definition) is 4. The lowest BCUT2D eigenvalue weighted by atomic mass is 9.99. The number of rotatable bonds is 7. The van der Waals surface area contributed by atoms with E-state index >= 15 is 0 Å². The number of halogens is 2. The van der Waals surface area contributed by atoms with Gasteiger partial charge in [0.05, 0.1) is 5.02 Å². The van der Waals surface area contributed by atoms with Crippen molar-refractivity contribution in [2.45, 2.75) is 33.1 Å². The number of nitrogens with zero attached hydrogens (tertiary/aromatic N) is 1. The van der Waals surface area contributed by atoms with Gasteiger partial charge >= 0.3 is 0 Å². The van der Waals surface area contributed by atoms with E-state index in [0.717, 1.165) is 12.0 Å². The average molecular weight is 483 g/mol. The predicted octanol–water partition coefficient (Wildman–Crippen LogP) is 7.64. The zero-order valence-corrected chi connectivity index (χ0v) is 20.1. The molecule has 5 nitrogen and oxygen atoms in total. The molecule has 0 bridgehead atoms. The molecule has 0 spiro atoms. The van der Waals surface area contributed by atoms with Crippen molar-refractivity contribution < 1.29 is 13.9 Å². The van der Waals surface area contributed by atoms with Crippen molar-refractivity contribution in [1.29, 1.82) is 0 Å². The van der Waals surface area contributed by atoms with Gasteiger partial charge in [-0.25, -0.2) is 4.98 Å². The standard InChI is InChI=1S/C26H24Cl2N2O3/c1-4-15(2)17-7-9-20(10-8-17)32-14-24(31)29-22-11-18(6-5-16(22)3)26-30-23-13-19(27)12-21(28)25(23)33-26/h5-13,15H,4,14H2,1-3H3,(H,29,31)/t15-/m0/s1. The van der Waals surface area contributed by atoms with Gasteiger partial charge in [0, 0.05) is 16.3 Å². The zero-order chi connectivity index (χ0) is 23.5. The maximum atomic E-state index is 12.5. The van der Waals surface area contributed by atoms with E-state index in [2.05, 4.69) is 24.1 Å². The van der Waals surface area contributed by atoms with Crippen LogP contribution in [0.3, 0.4) is 0 Å². The molecule has 4 rings (SSSR count). The van der Waals surface area contributed by atoms with E-state index in [1.807, 2.05) is 49.4 Å². The fraction of sp³-hybridized carbons (Fsp3) is 0.231. The molecule has 3 aromatic carbocycles. The molecule has 7 heteroatoms. The number of aromatic nitrogens is 1. The second-order valence-electron chi connectivity index (χ2n) is 8.00. The number of anilines is 1. The van der Waals surface area contributed by atoms with Crippen LogP contribution in [0.2, 0.25) is 10.0 Å². The van der Waals surface area contributed by atoms with E-state index in [9.17, 15) is 4.79 Å². The van der Waals surface area contributed by atoms with Gasteiger partial charge < -0.3 is 14.5 Å². The summed E-state index contributed by atoms with van der Waals surface area (Å²) in [7, 11) is 0. The number of ether oxygens (including phenoxy) is 1. The van der Waals surface area contributed by atoms with E-state index < -0.39 is 0 Å². The lowest BCUT2D eigenvalue weighted by Gasteiger charge is -2.12. The largest absolute Gasteiger partial charge is 0.484 e. The SMILES string of the molecule is CC[C@H](C)c1ccc(OCC(=O)Nc2cc(-c3nc4cc(Cl)cc(Cl)c4o3)ccc2C)cc1. The fourth-order valence-electron chi connectivity index (χ4n) is 3.44. The minimum Gasteiger partial charge on any atom is -0.484 e. The van der Waals surface area contributed by atoms with Gasteiger partial charge in [0.2, 0.25) is 5.89 Å². The van der Waals surface area contributed by atoms with Gasteiger partial charge in [0.1, 0.15) is 11.3 Å². The molecule has 170 valence electrons. The first kappa shape index (κ1) is 23.1. The van der Waals surface area contributed by atoms with Gasteiger partial charge in [0.25, 0.3) is 5.91 Å². The lowest BCUT2D eigenvalue weighted by molar-refractivity contribution is -0.118. The van der Waals surface area contributed by atoms with Crippen LogP contribution in [0.25, 0.3) is 22.6 Å². The minimum atomic E-state index is -0.256. The Morgan fingerprint density at radius 1 is 1.12 bits per heavy atom. The molecule has 1 heterocycles. The molecule has 0 unspecified atom stereocenters. The highest BCUT2D eigenvalue weighted by Crippen LogP contribution is 2.33. The second-order valence-corrected chi connectivity index (χ2v) is 8.84. The summed E-state index contributed by atoms with van der Waals surface area (Å²) in [6.07, 6.45) is 1.07. The van der Waals surface area contributed by atoms with Crippen LogP contribution in [0.15, 0.2) is 59.0 Å². The van der Waals surface area contributed by atoms with E-state index in [-0.39, 0.29) is 12.5 Å². The van der Waals surface area contributed by atoms with Gasteiger partial charge in [-0.1, -0.05) is 55.2 Å². The Bertz CT molecular complexity index is 1300. The summed E-state index contributed by atoms with van der Waals surface area (Å²) in [5.41, 5.74) is 4.56. The number of amides is 1. The number of hydrogen-bond donors (Lipinski definition) is 1. The summed E-state index contributed by atoms with van der Waals surface area (Å²) in [6.45, 7) is 6.16. The van der Waals surface area contributed by atoms with Crippen molar-refractivity contribution in [1.82, 2.24) is 4.98 Å². The summed E-state index contributed by atoms with van der Waals surface area (Å²) in [4.78, 5) is 17.0. The highest BCUT2D eigenvalue weighted by atomic mass is 35.5. The van der Waals surface area contributed by atoms with Gasteiger partial charge in [-0.2, -0.15) is 0 Å². The van der Waals surface area contributed by atoms with Crippen LogP contribution in [-0.4, -0.2) is 17.5 Å². The zero-order valence-electron chi connectivity index (χ0n) is 18.6. The molecule has 0 aliphatic carbocycles. The summed E-state index contributed by atoms with van der Waals surface area (Å²) >= 11 is 12.3. The Hall–Kier alpha value is -3.02. The van der Waals surface area contributed by atoms with Crippen molar-refractivity contribution >= 4 is 45.9 Å². The molecule has 33 heavy (non-hydrogen) atoms. The molecule has 0 fully saturated rings. The Balaban J connectivity index is 1.46. The molecule has 0 saturated carbocycles.